The van der Waals surface area contributed by atoms with Crippen LogP contribution in [0.4, 0.5) is 4.79 Å². The lowest BCUT2D eigenvalue weighted by Crippen LogP contribution is -2.55. The quantitative estimate of drug-likeness (QED) is 0.772. The van der Waals surface area contributed by atoms with E-state index in [4.69, 9.17) is 4.74 Å². The third kappa shape index (κ3) is 3.49. The maximum atomic E-state index is 12.0. The van der Waals surface area contributed by atoms with Crippen molar-refractivity contribution in [1.82, 2.24) is 14.7 Å². The summed E-state index contributed by atoms with van der Waals surface area (Å²) < 4.78 is 5.18. The van der Waals surface area contributed by atoms with Gasteiger partial charge in [0.05, 0.1) is 6.61 Å². The summed E-state index contributed by atoms with van der Waals surface area (Å²) in [6.07, 6.45) is 6.32. The molecule has 0 N–H and O–H groups in total. The van der Waals surface area contributed by atoms with Crippen LogP contribution in [0.3, 0.4) is 0 Å². The highest BCUT2D eigenvalue weighted by atomic mass is 16.6. The van der Waals surface area contributed by atoms with Crippen molar-refractivity contribution in [3.05, 3.63) is 0 Å². The zero-order valence-corrected chi connectivity index (χ0v) is 17.0. The van der Waals surface area contributed by atoms with Crippen molar-refractivity contribution in [2.75, 3.05) is 45.9 Å². The number of hydrogen-bond donors (Lipinski definition) is 0. The summed E-state index contributed by atoms with van der Waals surface area (Å²) in [4.78, 5) is 19.4. The summed E-state index contributed by atoms with van der Waals surface area (Å²) >= 11 is 0. The Kier molecular flexibility index (Phi) is 5.21. The zero-order valence-electron chi connectivity index (χ0n) is 17.0. The normalized spacial score (nSPS) is 39.5. The maximum absolute atomic E-state index is 12.0. The van der Waals surface area contributed by atoms with Gasteiger partial charge in [-0.05, 0) is 69.4 Å². The van der Waals surface area contributed by atoms with Gasteiger partial charge in [0, 0.05) is 38.3 Å². The molecule has 1 aliphatic carbocycles. The minimum atomic E-state index is -0.109. The Bertz CT molecular complexity index is 501. The molecule has 0 radical (unpaired) electrons. The molecular weight excluding hydrogens is 326 g/mol. The van der Waals surface area contributed by atoms with E-state index in [1.165, 1.54) is 58.3 Å². The SMILES string of the molecule is CCOC(=O)N1CCC2(CC(N3CCC(N4CC(C)C(C)C4)CC3)C2)C1. The molecule has 0 aromatic carbocycles. The molecule has 148 valence electrons. The molecule has 3 heterocycles. The highest BCUT2D eigenvalue weighted by molar-refractivity contribution is 5.68. The summed E-state index contributed by atoms with van der Waals surface area (Å²) in [5.41, 5.74) is 0.397. The molecule has 2 unspecified atom stereocenters. The molecule has 1 spiro atoms. The van der Waals surface area contributed by atoms with E-state index in [2.05, 4.69) is 23.6 Å². The second-order valence-corrected chi connectivity index (χ2v) is 9.61. The molecule has 5 nitrogen and oxygen atoms in total. The second-order valence-electron chi connectivity index (χ2n) is 9.61. The van der Waals surface area contributed by atoms with Gasteiger partial charge in [0.15, 0.2) is 0 Å². The van der Waals surface area contributed by atoms with E-state index in [9.17, 15) is 4.79 Å². The Morgan fingerprint density at radius 2 is 1.65 bits per heavy atom. The van der Waals surface area contributed by atoms with Crippen molar-refractivity contribution in [2.24, 2.45) is 17.3 Å². The van der Waals surface area contributed by atoms with Crippen LogP contribution in [0.15, 0.2) is 0 Å². The summed E-state index contributed by atoms with van der Waals surface area (Å²) in [6.45, 7) is 14.2. The highest BCUT2D eigenvalue weighted by Gasteiger charge is 2.51. The van der Waals surface area contributed by atoms with Crippen molar-refractivity contribution in [1.29, 1.82) is 0 Å². The number of likely N-dealkylation sites (tertiary alicyclic amines) is 3. The van der Waals surface area contributed by atoms with Gasteiger partial charge in [-0.15, -0.1) is 0 Å². The standard InChI is InChI=1S/C21H37N3O2/c1-4-26-20(25)23-10-7-21(15-23)11-19(12-21)22-8-5-18(6-9-22)24-13-16(2)17(3)14-24/h16-19H,4-15H2,1-3H3. The van der Waals surface area contributed by atoms with Crippen molar-refractivity contribution in [2.45, 2.75) is 65.0 Å². The third-order valence-corrected chi connectivity index (χ3v) is 7.85. The fraction of sp³-hybridized carbons (Fsp3) is 0.952. The average molecular weight is 364 g/mol. The average Bonchev–Trinajstić information content (AvgIpc) is 3.19. The maximum Gasteiger partial charge on any atom is 0.409 e. The Labute approximate surface area is 159 Å². The molecule has 1 amide bonds. The van der Waals surface area contributed by atoms with Crippen molar-refractivity contribution in [3.63, 3.8) is 0 Å². The highest BCUT2D eigenvalue weighted by Crippen LogP contribution is 2.50. The molecule has 4 rings (SSSR count). The predicted molar refractivity (Wildman–Crippen MR) is 103 cm³/mol. The fourth-order valence-corrected chi connectivity index (χ4v) is 5.93. The van der Waals surface area contributed by atoms with Crippen LogP contribution in [0.2, 0.25) is 0 Å². The van der Waals surface area contributed by atoms with Crippen LogP contribution >= 0.6 is 0 Å². The van der Waals surface area contributed by atoms with E-state index in [1.54, 1.807) is 0 Å². The van der Waals surface area contributed by atoms with Gasteiger partial charge in [-0.2, -0.15) is 0 Å². The number of hydrogen-bond acceptors (Lipinski definition) is 4. The van der Waals surface area contributed by atoms with E-state index < -0.39 is 0 Å². The Hall–Kier alpha value is -0.810. The van der Waals surface area contributed by atoms with Gasteiger partial charge in [-0.25, -0.2) is 4.79 Å². The number of carbonyl (C=O) groups is 1. The largest absolute Gasteiger partial charge is 0.450 e. The molecule has 4 aliphatic rings. The number of nitrogens with zero attached hydrogens (tertiary/aromatic N) is 3. The Morgan fingerprint density at radius 1 is 1.00 bits per heavy atom. The lowest BCUT2D eigenvalue weighted by Gasteiger charge is -2.52. The lowest BCUT2D eigenvalue weighted by atomic mass is 9.64. The molecule has 1 saturated carbocycles. The molecule has 3 saturated heterocycles. The van der Waals surface area contributed by atoms with Crippen LogP contribution in [-0.4, -0.2) is 78.8 Å². The number of rotatable bonds is 3. The van der Waals surface area contributed by atoms with Crippen molar-refractivity contribution < 1.29 is 9.53 Å². The topological polar surface area (TPSA) is 36.0 Å². The van der Waals surface area contributed by atoms with Gasteiger partial charge in [0.1, 0.15) is 0 Å². The van der Waals surface area contributed by atoms with Crippen LogP contribution in [0.1, 0.15) is 52.9 Å². The first-order chi connectivity index (χ1) is 12.5. The minimum absolute atomic E-state index is 0.109. The molecule has 5 heteroatoms. The molecule has 2 atom stereocenters. The fourth-order valence-electron chi connectivity index (χ4n) is 5.93. The Morgan fingerprint density at radius 3 is 2.27 bits per heavy atom. The van der Waals surface area contributed by atoms with Crippen LogP contribution in [0, 0.1) is 17.3 Å². The number of amides is 1. The number of piperidine rings is 1. The molecule has 0 aromatic heterocycles. The van der Waals surface area contributed by atoms with E-state index in [0.717, 1.165) is 37.0 Å². The third-order valence-electron chi connectivity index (χ3n) is 7.85. The molecule has 4 fully saturated rings. The predicted octanol–water partition coefficient (Wildman–Crippen LogP) is 3.05. The van der Waals surface area contributed by atoms with E-state index in [0.29, 0.717) is 12.0 Å². The lowest BCUT2D eigenvalue weighted by molar-refractivity contribution is -0.0144. The van der Waals surface area contributed by atoms with Crippen LogP contribution in [-0.2, 0) is 4.74 Å². The molecule has 3 aliphatic heterocycles. The monoisotopic (exact) mass is 363 g/mol. The van der Waals surface area contributed by atoms with E-state index in [-0.39, 0.29) is 6.09 Å². The van der Waals surface area contributed by atoms with Gasteiger partial charge in [-0.3, -0.25) is 4.90 Å². The van der Waals surface area contributed by atoms with Crippen LogP contribution in [0.25, 0.3) is 0 Å². The molecular formula is C21H37N3O2. The second kappa shape index (κ2) is 7.31. The van der Waals surface area contributed by atoms with Crippen LogP contribution < -0.4 is 0 Å². The summed E-state index contributed by atoms with van der Waals surface area (Å²) in [6, 6.07) is 1.58. The zero-order chi connectivity index (χ0) is 18.3. The molecule has 0 aromatic rings. The first-order valence-electron chi connectivity index (χ1n) is 10.9. The first kappa shape index (κ1) is 18.5. The number of ether oxygens (including phenoxy) is 1. The smallest absolute Gasteiger partial charge is 0.409 e. The summed E-state index contributed by atoms with van der Waals surface area (Å²) in [7, 11) is 0. The van der Waals surface area contributed by atoms with Crippen molar-refractivity contribution in [3.8, 4) is 0 Å². The van der Waals surface area contributed by atoms with E-state index in [1.807, 2.05) is 11.8 Å². The summed E-state index contributed by atoms with van der Waals surface area (Å²) in [5.74, 6) is 1.73. The molecule has 0 bridgehead atoms. The van der Waals surface area contributed by atoms with E-state index >= 15 is 0 Å². The number of carbonyl (C=O) groups excluding carboxylic acids is 1. The van der Waals surface area contributed by atoms with Gasteiger partial charge in [-0.1, -0.05) is 13.8 Å². The van der Waals surface area contributed by atoms with Gasteiger partial charge in [0.25, 0.3) is 0 Å². The summed E-state index contributed by atoms with van der Waals surface area (Å²) in [5, 5.41) is 0. The van der Waals surface area contributed by atoms with Crippen LogP contribution in [0.5, 0.6) is 0 Å². The van der Waals surface area contributed by atoms with Crippen molar-refractivity contribution >= 4 is 6.09 Å². The molecule has 26 heavy (non-hydrogen) atoms. The van der Waals surface area contributed by atoms with Gasteiger partial charge in [0.2, 0.25) is 0 Å². The minimum Gasteiger partial charge on any atom is -0.450 e. The Balaban J connectivity index is 1.21. The first-order valence-corrected chi connectivity index (χ1v) is 10.9. The van der Waals surface area contributed by atoms with Gasteiger partial charge >= 0.3 is 6.09 Å². The van der Waals surface area contributed by atoms with Gasteiger partial charge < -0.3 is 14.5 Å².